The number of hydrogen-bond donors (Lipinski definition) is 0. The molecule has 1 aromatic rings. The number of nitrogens with zero attached hydrogens (tertiary/aromatic N) is 2. The van der Waals surface area contributed by atoms with E-state index in [1.54, 1.807) is 7.11 Å². The Hall–Kier alpha value is -2.34. The molecular formula is C23H26N2O4. The van der Waals surface area contributed by atoms with E-state index in [1.807, 2.05) is 19.1 Å². The van der Waals surface area contributed by atoms with Crippen molar-refractivity contribution in [1.82, 2.24) is 4.90 Å². The Kier molecular flexibility index (Phi) is 3.15. The summed E-state index contributed by atoms with van der Waals surface area (Å²) in [6.45, 7) is 2.87. The van der Waals surface area contributed by atoms with Crippen LogP contribution in [-0.4, -0.2) is 62.6 Å². The molecule has 5 fully saturated rings. The minimum Gasteiger partial charge on any atom is -0.497 e. The van der Waals surface area contributed by atoms with Crippen molar-refractivity contribution in [2.24, 2.45) is 11.3 Å². The average molecular weight is 394 g/mol. The quantitative estimate of drug-likeness (QED) is 0.434. The summed E-state index contributed by atoms with van der Waals surface area (Å²) in [4.78, 5) is 32.5. The molecule has 6 nitrogen and oxygen atoms in total. The summed E-state index contributed by atoms with van der Waals surface area (Å²) in [6, 6.07) is 6.25. The van der Waals surface area contributed by atoms with Gasteiger partial charge in [-0.25, -0.2) is 0 Å². The molecule has 1 saturated carbocycles. The van der Waals surface area contributed by atoms with Crippen molar-refractivity contribution >= 4 is 17.4 Å². The first-order chi connectivity index (χ1) is 14.0. The third-order valence-electron chi connectivity index (χ3n) is 8.73. The van der Waals surface area contributed by atoms with E-state index in [-0.39, 0.29) is 35.8 Å². The van der Waals surface area contributed by atoms with Gasteiger partial charge in [-0.2, -0.15) is 0 Å². The third kappa shape index (κ3) is 1.57. The first kappa shape index (κ1) is 17.5. The average Bonchev–Trinajstić information content (AvgIpc) is 3.13. The Morgan fingerprint density at radius 1 is 1.31 bits per heavy atom. The molecule has 0 radical (unpaired) electrons. The van der Waals surface area contributed by atoms with Gasteiger partial charge >= 0.3 is 5.97 Å². The van der Waals surface area contributed by atoms with Crippen LogP contribution in [-0.2, 0) is 19.7 Å². The van der Waals surface area contributed by atoms with Crippen molar-refractivity contribution in [3.63, 3.8) is 0 Å². The molecular weight excluding hydrogens is 368 g/mol. The molecule has 7 atom stereocenters. The second-order valence-corrected chi connectivity index (χ2v) is 9.21. The molecule has 5 heterocycles. The highest BCUT2D eigenvalue weighted by Gasteiger charge is 2.83. The lowest BCUT2D eigenvalue weighted by atomic mass is 9.59. The molecule has 0 aromatic heterocycles. The van der Waals surface area contributed by atoms with Gasteiger partial charge in [0.1, 0.15) is 11.2 Å². The molecule has 1 aliphatic carbocycles. The normalized spacial score (nSPS) is 44.3. The summed E-state index contributed by atoms with van der Waals surface area (Å²) >= 11 is 0. The molecule has 1 aromatic carbocycles. The van der Waals surface area contributed by atoms with Crippen LogP contribution >= 0.6 is 0 Å². The number of ether oxygens (including phenoxy) is 2. The standard InChI is InChI=1S/C23H26N2O4/c1-5-12-11-25-17-9-15(12)23(21(27)29-4)18(25)10-22(20(23)26)14-7-6-13(28-3)8-16(14)24(2)19(17)22/h5-8,15,17-19H,9-11H2,1-4H3/b12-5-/t15-,17-,18?,19+,22?,23+/m0/s1. The Labute approximate surface area is 170 Å². The zero-order valence-electron chi connectivity index (χ0n) is 17.3. The Balaban J connectivity index is 1.65. The number of allylic oxidation sites excluding steroid dienone is 1. The van der Waals surface area contributed by atoms with Crippen LogP contribution in [0.15, 0.2) is 29.8 Å². The van der Waals surface area contributed by atoms with E-state index in [1.165, 1.54) is 12.7 Å². The smallest absolute Gasteiger partial charge is 0.321 e. The molecule has 1 spiro atoms. The van der Waals surface area contributed by atoms with Gasteiger partial charge in [0.15, 0.2) is 5.78 Å². The van der Waals surface area contributed by atoms with Crippen LogP contribution < -0.4 is 9.64 Å². The molecule has 0 amide bonds. The SMILES string of the molecule is C/C=C1/CN2C3CC45C(=O)[C@@]3(C(=O)OC)[C@H]1C[C@H]2[C@H]4N(C)c1cc(OC)ccc15. The van der Waals surface area contributed by atoms with Crippen LogP contribution in [0.3, 0.4) is 0 Å². The summed E-state index contributed by atoms with van der Waals surface area (Å²) in [5.41, 5.74) is 1.60. The van der Waals surface area contributed by atoms with Crippen molar-refractivity contribution in [3.8, 4) is 5.75 Å². The lowest BCUT2D eigenvalue weighted by Crippen LogP contribution is -2.71. The number of piperidine rings is 4. The Bertz CT molecular complexity index is 1000. The monoisotopic (exact) mass is 394 g/mol. The number of fused-ring (bicyclic) bond motifs is 2. The van der Waals surface area contributed by atoms with Gasteiger partial charge in [0.05, 0.1) is 25.7 Å². The molecule has 6 aliphatic rings. The number of benzene rings is 1. The van der Waals surface area contributed by atoms with Gasteiger partial charge in [0, 0.05) is 43.3 Å². The molecule has 0 N–H and O–H groups in total. The van der Waals surface area contributed by atoms with Crippen LogP contribution in [0.4, 0.5) is 5.69 Å². The Morgan fingerprint density at radius 2 is 2.10 bits per heavy atom. The van der Waals surface area contributed by atoms with E-state index in [9.17, 15) is 9.59 Å². The van der Waals surface area contributed by atoms with Crippen molar-refractivity contribution in [2.45, 2.75) is 43.3 Å². The number of ketones is 1. The second kappa shape index (κ2) is 5.22. The number of rotatable bonds is 2. The Morgan fingerprint density at radius 3 is 2.79 bits per heavy atom. The largest absolute Gasteiger partial charge is 0.497 e. The van der Waals surface area contributed by atoms with Gasteiger partial charge in [-0.3, -0.25) is 14.5 Å². The zero-order chi connectivity index (χ0) is 20.3. The number of anilines is 1. The summed E-state index contributed by atoms with van der Waals surface area (Å²) < 4.78 is 10.8. The number of carbonyl (C=O) groups is 2. The highest BCUT2D eigenvalue weighted by Crippen LogP contribution is 2.71. The number of hydrogen-bond acceptors (Lipinski definition) is 6. The van der Waals surface area contributed by atoms with E-state index in [4.69, 9.17) is 9.47 Å². The highest BCUT2D eigenvalue weighted by molar-refractivity contribution is 6.15. The molecule has 152 valence electrons. The van der Waals surface area contributed by atoms with Crippen molar-refractivity contribution in [3.05, 3.63) is 35.4 Å². The summed E-state index contributed by atoms with van der Waals surface area (Å²) in [5, 5.41) is 0. The van der Waals surface area contributed by atoms with E-state index >= 15 is 0 Å². The molecule has 5 bridgehead atoms. The maximum absolute atomic E-state index is 14.5. The van der Waals surface area contributed by atoms with Crippen LogP contribution in [0.1, 0.15) is 25.3 Å². The second-order valence-electron chi connectivity index (χ2n) is 9.21. The predicted octanol–water partition coefficient (Wildman–Crippen LogP) is 1.92. The van der Waals surface area contributed by atoms with Crippen molar-refractivity contribution in [1.29, 1.82) is 0 Å². The zero-order valence-corrected chi connectivity index (χ0v) is 17.3. The predicted molar refractivity (Wildman–Crippen MR) is 107 cm³/mol. The van der Waals surface area contributed by atoms with Gasteiger partial charge in [0.2, 0.25) is 0 Å². The number of carbonyl (C=O) groups excluding carboxylic acids is 2. The third-order valence-corrected chi connectivity index (χ3v) is 8.73. The van der Waals surface area contributed by atoms with E-state index in [2.05, 4.69) is 29.0 Å². The van der Waals surface area contributed by atoms with E-state index in [0.29, 0.717) is 6.42 Å². The molecule has 4 saturated heterocycles. The first-order valence-corrected chi connectivity index (χ1v) is 10.4. The fraction of sp³-hybridized carbons (Fsp3) is 0.565. The lowest BCUT2D eigenvalue weighted by molar-refractivity contribution is -0.172. The fourth-order valence-corrected chi connectivity index (χ4v) is 7.80. The molecule has 3 unspecified atom stereocenters. The molecule has 6 heteroatoms. The number of esters is 1. The number of methoxy groups -OCH3 is 2. The maximum atomic E-state index is 14.5. The molecule has 7 rings (SSSR count). The number of Topliss-reactive ketones (excluding diaryl/α,β-unsaturated/α-hetero) is 1. The van der Waals surface area contributed by atoms with Crippen LogP contribution in [0, 0.1) is 11.3 Å². The topological polar surface area (TPSA) is 59.1 Å². The van der Waals surface area contributed by atoms with E-state index in [0.717, 1.165) is 30.0 Å². The van der Waals surface area contributed by atoms with Gasteiger partial charge in [0.25, 0.3) is 0 Å². The van der Waals surface area contributed by atoms with Gasteiger partial charge in [-0.15, -0.1) is 0 Å². The summed E-state index contributed by atoms with van der Waals surface area (Å²) in [5.74, 6) is 0.477. The maximum Gasteiger partial charge on any atom is 0.321 e. The van der Waals surface area contributed by atoms with Crippen LogP contribution in [0.2, 0.25) is 0 Å². The van der Waals surface area contributed by atoms with Crippen LogP contribution in [0.25, 0.3) is 0 Å². The van der Waals surface area contributed by atoms with Crippen LogP contribution in [0.5, 0.6) is 5.75 Å². The molecule has 29 heavy (non-hydrogen) atoms. The highest BCUT2D eigenvalue weighted by atomic mass is 16.5. The van der Waals surface area contributed by atoms with Gasteiger partial charge in [-0.05, 0) is 31.4 Å². The van der Waals surface area contributed by atoms with E-state index < -0.39 is 10.8 Å². The summed E-state index contributed by atoms with van der Waals surface area (Å²) in [7, 11) is 5.18. The fourth-order valence-electron chi connectivity index (χ4n) is 7.80. The van der Waals surface area contributed by atoms with Gasteiger partial charge in [-0.1, -0.05) is 17.7 Å². The molecule has 5 aliphatic heterocycles. The lowest BCUT2D eigenvalue weighted by Gasteiger charge is -2.60. The van der Waals surface area contributed by atoms with Crippen molar-refractivity contribution < 1.29 is 19.1 Å². The van der Waals surface area contributed by atoms with Gasteiger partial charge < -0.3 is 14.4 Å². The number of likely N-dealkylation sites (N-methyl/N-ethyl adjacent to an activating group) is 1. The summed E-state index contributed by atoms with van der Waals surface area (Å²) in [6.07, 6.45) is 3.63. The minimum atomic E-state index is -1.08. The first-order valence-electron chi connectivity index (χ1n) is 10.4. The van der Waals surface area contributed by atoms with Crippen molar-refractivity contribution in [2.75, 3.05) is 32.7 Å². The minimum absolute atomic E-state index is 0.0447.